The average Bonchev–Trinajstić information content (AvgIpc) is 2.83. The van der Waals surface area contributed by atoms with Crippen molar-refractivity contribution in [2.75, 3.05) is 0 Å². The van der Waals surface area contributed by atoms with Gasteiger partial charge in [-0.3, -0.25) is 4.99 Å². The Morgan fingerprint density at radius 2 is 1.58 bits per heavy atom. The van der Waals surface area contributed by atoms with Crippen LogP contribution in [0.5, 0.6) is 0 Å². The van der Waals surface area contributed by atoms with Crippen LogP contribution >= 0.6 is 0 Å². The van der Waals surface area contributed by atoms with Gasteiger partial charge >= 0.3 is 0 Å². The van der Waals surface area contributed by atoms with Gasteiger partial charge in [0, 0.05) is 17.8 Å². The molecule has 188 valence electrons. The summed E-state index contributed by atoms with van der Waals surface area (Å²) in [6, 6.07) is 0. The molecule has 0 saturated heterocycles. The SMILES string of the molecule is C=C/C=C(\C=C/C)C(CC(C)(C)C(/C=C\CC)=C/C=C\C)/C(=C/C)N=CCCC.CC.CC. The molecular weight excluding hydrogens is 398 g/mol. The lowest BCUT2D eigenvalue weighted by atomic mass is 9.73. The maximum atomic E-state index is 4.86. The summed E-state index contributed by atoms with van der Waals surface area (Å²) in [5.74, 6) is 0.210. The van der Waals surface area contributed by atoms with Gasteiger partial charge in [-0.1, -0.05) is 129 Å². The van der Waals surface area contributed by atoms with Crippen molar-refractivity contribution in [2.45, 2.75) is 102 Å². The fraction of sp³-hybridized carbons (Fsp3) is 0.531. The Kier molecular flexibility index (Phi) is 26.3. The van der Waals surface area contributed by atoms with Crippen molar-refractivity contribution in [3.8, 4) is 0 Å². The lowest BCUT2D eigenvalue weighted by Gasteiger charge is -2.32. The Morgan fingerprint density at radius 3 is 2.03 bits per heavy atom. The van der Waals surface area contributed by atoms with Gasteiger partial charge in [0.1, 0.15) is 0 Å². The average molecular weight is 454 g/mol. The highest BCUT2D eigenvalue weighted by Crippen LogP contribution is 2.40. The zero-order valence-electron chi connectivity index (χ0n) is 23.9. The van der Waals surface area contributed by atoms with Crippen LogP contribution in [-0.2, 0) is 0 Å². The summed E-state index contributed by atoms with van der Waals surface area (Å²) in [7, 11) is 0. The van der Waals surface area contributed by atoms with Crippen molar-refractivity contribution < 1.29 is 0 Å². The highest BCUT2D eigenvalue weighted by atomic mass is 14.7. The highest BCUT2D eigenvalue weighted by molar-refractivity contribution is 5.59. The molecule has 0 rings (SSSR count). The first-order chi connectivity index (χ1) is 15.9. The molecule has 0 aliphatic rings. The second-order valence-electron chi connectivity index (χ2n) is 7.82. The predicted octanol–water partition coefficient (Wildman–Crippen LogP) is 11.0. The number of allylic oxidation sites excluding steroid dienone is 12. The Hall–Kier alpha value is -2.15. The Morgan fingerprint density at radius 1 is 0.939 bits per heavy atom. The Labute approximate surface area is 208 Å². The van der Waals surface area contributed by atoms with E-state index in [-0.39, 0.29) is 11.3 Å². The van der Waals surface area contributed by atoms with Gasteiger partial charge in [-0.15, -0.1) is 0 Å². The van der Waals surface area contributed by atoms with E-state index in [0.717, 1.165) is 31.4 Å². The van der Waals surface area contributed by atoms with E-state index < -0.39 is 0 Å². The van der Waals surface area contributed by atoms with E-state index in [1.54, 1.807) is 0 Å². The van der Waals surface area contributed by atoms with Gasteiger partial charge < -0.3 is 0 Å². The predicted molar refractivity (Wildman–Crippen MR) is 157 cm³/mol. The zero-order valence-corrected chi connectivity index (χ0v) is 23.9. The molecule has 0 aliphatic heterocycles. The van der Waals surface area contributed by atoms with Crippen LogP contribution in [0.4, 0.5) is 0 Å². The molecule has 0 saturated carbocycles. The molecule has 1 atom stereocenters. The van der Waals surface area contributed by atoms with Crippen molar-refractivity contribution >= 4 is 6.21 Å². The topological polar surface area (TPSA) is 12.4 Å². The largest absolute Gasteiger partial charge is 0.265 e. The summed E-state index contributed by atoms with van der Waals surface area (Å²) in [5.41, 5.74) is 3.71. The van der Waals surface area contributed by atoms with Crippen molar-refractivity contribution in [2.24, 2.45) is 16.3 Å². The molecule has 0 spiro atoms. The summed E-state index contributed by atoms with van der Waals surface area (Å²) in [4.78, 5) is 4.86. The van der Waals surface area contributed by atoms with Crippen molar-refractivity contribution in [3.63, 3.8) is 0 Å². The third kappa shape index (κ3) is 16.2. The maximum Gasteiger partial charge on any atom is 0.0432 e. The van der Waals surface area contributed by atoms with Gasteiger partial charge in [0.2, 0.25) is 0 Å². The van der Waals surface area contributed by atoms with Gasteiger partial charge in [0.25, 0.3) is 0 Å². The number of rotatable bonds is 13. The summed E-state index contributed by atoms with van der Waals surface area (Å²) in [6.07, 6.45) is 27.6. The third-order valence-corrected chi connectivity index (χ3v) is 4.88. The highest BCUT2D eigenvalue weighted by Gasteiger charge is 2.29. The number of hydrogen-bond donors (Lipinski definition) is 0. The summed E-state index contributed by atoms with van der Waals surface area (Å²) >= 11 is 0. The van der Waals surface area contributed by atoms with E-state index >= 15 is 0 Å². The summed E-state index contributed by atoms with van der Waals surface area (Å²) < 4.78 is 0. The lowest BCUT2D eigenvalue weighted by molar-refractivity contribution is 0.372. The molecule has 1 unspecified atom stereocenters. The second-order valence-corrected chi connectivity index (χ2v) is 7.82. The van der Waals surface area contributed by atoms with Crippen LogP contribution in [0.1, 0.15) is 102 Å². The van der Waals surface area contributed by atoms with Gasteiger partial charge in [-0.05, 0) is 56.6 Å². The van der Waals surface area contributed by atoms with Gasteiger partial charge in [0.05, 0.1) is 0 Å². The van der Waals surface area contributed by atoms with Gasteiger partial charge in [-0.25, -0.2) is 0 Å². The molecule has 0 amide bonds. The minimum absolute atomic E-state index is 0.00771. The molecule has 1 nitrogen and oxygen atoms in total. The number of nitrogens with zero attached hydrogens (tertiary/aromatic N) is 1. The first kappa shape index (κ1) is 35.4. The smallest absolute Gasteiger partial charge is 0.0432 e. The van der Waals surface area contributed by atoms with Crippen LogP contribution in [0.3, 0.4) is 0 Å². The normalized spacial score (nSPS) is 14.5. The molecule has 1 heteroatoms. The van der Waals surface area contributed by atoms with Crippen molar-refractivity contribution in [3.05, 3.63) is 84.2 Å². The standard InChI is InChI=1S/C28H43N.2C2H6/c1-9-15-20-25(21-16-10-2)28(7,8)23-26(24(18-12-4)19-13-5)27(14-6)29-22-17-11-3;2*1-2/h9,12-16,18-22,26H,4,10-11,17,23H2,1-3,5-8H3;2*1-2H3/b15-9-,19-13-,21-16-,24-18+,25-20+,27-14-,29-22?;;. The van der Waals surface area contributed by atoms with E-state index in [2.05, 4.69) is 116 Å². The minimum Gasteiger partial charge on any atom is -0.265 e. The monoisotopic (exact) mass is 453 g/mol. The van der Waals surface area contributed by atoms with Crippen LogP contribution in [0.25, 0.3) is 0 Å². The van der Waals surface area contributed by atoms with Crippen LogP contribution in [0.2, 0.25) is 0 Å². The second kappa shape index (κ2) is 24.5. The quantitative estimate of drug-likeness (QED) is 0.194. The fourth-order valence-corrected chi connectivity index (χ4v) is 3.25. The molecule has 0 heterocycles. The zero-order chi connectivity index (χ0) is 26.1. The maximum absolute atomic E-state index is 4.86. The molecule has 0 aromatic rings. The summed E-state index contributed by atoms with van der Waals surface area (Å²) in [6.45, 7) is 27.2. The third-order valence-electron chi connectivity index (χ3n) is 4.88. The molecule has 0 aromatic heterocycles. The fourth-order valence-electron chi connectivity index (χ4n) is 3.25. The van der Waals surface area contributed by atoms with Crippen LogP contribution in [0.15, 0.2) is 89.2 Å². The van der Waals surface area contributed by atoms with E-state index in [0.29, 0.717) is 0 Å². The summed E-state index contributed by atoms with van der Waals surface area (Å²) in [5, 5.41) is 0. The van der Waals surface area contributed by atoms with Gasteiger partial charge in [-0.2, -0.15) is 0 Å². The van der Waals surface area contributed by atoms with Crippen LogP contribution in [-0.4, -0.2) is 6.21 Å². The Balaban J connectivity index is -0.00000212. The molecule has 0 aromatic carbocycles. The van der Waals surface area contributed by atoms with Crippen LogP contribution < -0.4 is 0 Å². The van der Waals surface area contributed by atoms with Crippen molar-refractivity contribution in [1.82, 2.24) is 0 Å². The van der Waals surface area contributed by atoms with Crippen molar-refractivity contribution in [1.29, 1.82) is 0 Å². The first-order valence-electron chi connectivity index (χ1n) is 13.1. The number of hydrogen-bond acceptors (Lipinski definition) is 1. The van der Waals surface area contributed by atoms with E-state index in [1.807, 2.05) is 33.8 Å². The molecule has 0 aliphatic carbocycles. The van der Waals surface area contributed by atoms with Crippen LogP contribution in [0, 0.1) is 11.3 Å². The van der Waals surface area contributed by atoms with Gasteiger partial charge in [0.15, 0.2) is 0 Å². The molecule has 0 bridgehead atoms. The van der Waals surface area contributed by atoms with E-state index in [4.69, 9.17) is 4.99 Å². The lowest BCUT2D eigenvalue weighted by Crippen LogP contribution is -2.21. The number of unbranched alkanes of at least 4 members (excludes halogenated alkanes) is 1. The number of aliphatic imine (C=N–C) groups is 1. The molecule has 0 radical (unpaired) electrons. The first-order valence-corrected chi connectivity index (χ1v) is 13.1. The minimum atomic E-state index is -0.00771. The molecule has 0 N–H and O–H groups in total. The Bertz CT molecular complexity index is 675. The van der Waals surface area contributed by atoms with E-state index in [9.17, 15) is 0 Å². The molecule has 0 fully saturated rings. The molecule has 33 heavy (non-hydrogen) atoms. The van der Waals surface area contributed by atoms with E-state index in [1.165, 1.54) is 11.1 Å². The molecular formula is C32H55N.